The first-order valence-electron chi connectivity index (χ1n) is 16.0. The van der Waals surface area contributed by atoms with Gasteiger partial charge in [-0.1, -0.05) is 115 Å². The van der Waals surface area contributed by atoms with Crippen molar-refractivity contribution >= 4 is 10.9 Å². The lowest BCUT2D eigenvalue weighted by atomic mass is 9.91. The number of ether oxygens (including phenoxy) is 1. The largest absolute Gasteiger partial charge is 0.489 e. The summed E-state index contributed by atoms with van der Waals surface area (Å²) < 4.78 is 49.8. The van der Waals surface area contributed by atoms with Crippen LogP contribution >= 0.6 is 0 Å². The summed E-state index contributed by atoms with van der Waals surface area (Å²) in [6.07, 6.45) is -3.19. The second-order valence-corrected chi connectivity index (χ2v) is 12.2. The van der Waals surface area contributed by atoms with E-state index in [0.29, 0.717) is 41.8 Å². The highest BCUT2D eigenvalue weighted by molar-refractivity contribution is 5.99. The lowest BCUT2D eigenvalue weighted by Crippen LogP contribution is -2.07. The van der Waals surface area contributed by atoms with E-state index in [0.717, 1.165) is 50.6 Å². The Morgan fingerprint density at radius 1 is 0.583 bits per heavy atom. The fraction of sp³-hybridized carbons (Fsp3) is 0.0930. The van der Waals surface area contributed by atoms with Gasteiger partial charge in [-0.15, -0.1) is 0 Å². The molecule has 234 valence electrons. The molecule has 48 heavy (non-hydrogen) atoms. The molecular formula is C43H30F3NO. The first-order valence-corrected chi connectivity index (χ1v) is 16.0. The fourth-order valence-corrected chi connectivity index (χ4v) is 6.80. The molecule has 0 fully saturated rings. The summed E-state index contributed by atoms with van der Waals surface area (Å²) in [5, 5.41) is 0.439. The Morgan fingerprint density at radius 3 is 2.08 bits per heavy atom. The van der Waals surface area contributed by atoms with Crippen LogP contribution in [0.3, 0.4) is 0 Å². The molecule has 0 amide bonds. The maximum absolute atomic E-state index is 14.6. The van der Waals surface area contributed by atoms with E-state index in [-0.39, 0.29) is 5.52 Å². The summed E-state index contributed by atoms with van der Waals surface area (Å²) in [7, 11) is 0. The third-order valence-corrected chi connectivity index (χ3v) is 9.05. The SMILES string of the molecule is FC(F)(F)c1cccc2c(-c3cccc(OCc4ccccc4)c3)cc(-c3cc(Cc4ccccc4)cc4c3Cc3ccccc3-4)nc12. The van der Waals surface area contributed by atoms with E-state index in [1.54, 1.807) is 6.07 Å². The first-order chi connectivity index (χ1) is 23.4. The van der Waals surface area contributed by atoms with E-state index in [1.807, 2.05) is 91.0 Å². The summed E-state index contributed by atoms with van der Waals surface area (Å²) in [4.78, 5) is 4.83. The summed E-state index contributed by atoms with van der Waals surface area (Å²) in [5.41, 5.74) is 9.80. The van der Waals surface area contributed by atoms with Crippen LogP contribution in [0.15, 0.2) is 146 Å². The molecule has 0 aliphatic heterocycles. The number of hydrogen-bond acceptors (Lipinski definition) is 2. The number of alkyl halides is 3. The first kappa shape index (κ1) is 29.7. The summed E-state index contributed by atoms with van der Waals surface area (Å²) in [6.45, 7) is 0.381. The zero-order valence-electron chi connectivity index (χ0n) is 26.0. The molecule has 1 heterocycles. The van der Waals surface area contributed by atoms with Crippen LogP contribution in [-0.2, 0) is 25.6 Å². The lowest BCUT2D eigenvalue weighted by Gasteiger charge is -2.18. The number of rotatable bonds is 7. The van der Waals surface area contributed by atoms with E-state index < -0.39 is 11.7 Å². The van der Waals surface area contributed by atoms with Gasteiger partial charge in [0.1, 0.15) is 12.4 Å². The molecule has 0 saturated heterocycles. The van der Waals surface area contributed by atoms with E-state index in [1.165, 1.54) is 11.6 Å². The molecule has 0 unspecified atom stereocenters. The van der Waals surface area contributed by atoms with Gasteiger partial charge in [-0.05, 0) is 93.2 Å². The van der Waals surface area contributed by atoms with Crippen LogP contribution in [0, 0.1) is 0 Å². The molecule has 1 aliphatic rings. The minimum absolute atomic E-state index is 0.0640. The number of benzene rings is 6. The van der Waals surface area contributed by atoms with Crippen molar-refractivity contribution < 1.29 is 17.9 Å². The third-order valence-electron chi connectivity index (χ3n) is 9.05. The quantitative estimate of drug-likeness (QED) is 0.174. The molecule has 2 nitrogen and oxygen atoms in total. The Morgan fingerprint density at radius 2 is 1.29 bits per heavy atom. The lowest BCUT2D eigenvalue weighted by molar-refractivity contribution is -0.136. The van der Waals surface area contributed by atoms with Gasteiger partial charge in [0.15, 0.2) is 0 Å². The smallest absolute Gasteiger partial charge is 0.418 e. The predicted octanol–water partition coefficient (Wildman–Crippen LogP) is 11.3. The highest BCUT2D eigenvalue weighted by Crippen LogP contribution is 2.45. The van der Waals surface area contributed by atoms with Crippen molar-refractivity contribution in [1.29, 1.82) is 0 Å². The van der Waals surface area contributed by atoms with Gasteiger partial charge in [-0.3, -0.25) is 0 Å². The highest BCUT2D eigenvalue weighted by atomic mass is 19.4. The number of nitrogens with zero attached hydrogens (tertiary/aromatic N) is 1. The fourth-order valence-electron chi connectivity index (χ4n) is 6.80. The normalized spacial score (nSPS) is 12.1. The Balaban J connectivity index is 1.32. The van der Waals surface area contributed by atoms with Gasteiger partial charge in [0, 0.05) is 10.9 Å². The summed E-state index contributed by atoms with van der Waals surface area (Å²) in [5.74, 6) is 0.635. The maximum atomic E-state index is 14.6. The number of halogens is 3. The number of hydrogen-bond donors (Lipinski definition) is 0. The van der Waals surface area contributed by atoms with Crippen molar-refractivity contribution in [2.45, 2.75) is 25.6 Å². The zero-order valence-corrected chi connectivity index (χ0v) is 26.0. The maximum Gasteiger partial charge on any atom is 0.418 e. The van der Waals surface area contributed by atoms with Crippen LogP contribution in [0.5, 0.6) is 5.75 Å². The second-order valence-electron chi connectivity index (χ2n) is 12.2. The van der Waals surface area contributed by atoms with Gasteiger partial charge in [-0.25, -0.2) is 4.98 Å². The molecule has 5 heteroatoms. The third kappa shape index (κ3) is 5.73. The number of aromatic nitrogens is 1. The number of fused-ring (bicyclic) bond motifs is 4. The van der Waals surface area contributed by atoms with Crippen LogP contribution in [-0.4, -0.2) is 4.98 Å². The van der Waals surface area contributed by atoms with Crippen molar-refractivity contribution in [2.75, 3.05) is 0 Å². The molecule has 6 aromatic carbocycles. The van der Waals surface area contributed by atoms with Gasteiger partial charge < -0.3 is 4.74 Å². The van der Waals surface area contributed by atoms with E-state index in [2.05, 4.69) is 36.4 Å². The summed E-state index contributed by atoms with van der Waals surface area (Å²) in [6, 6.07) is 46.6. The molecule has 8 rings (SSSR count). The Labute approximate surface area is 277 Å². The molecule has 7 aromatic rings. The molecule has 0 radical (unpaired) electrons. The molecular weight excluding hydrogens is 603 g/mol. The van der Waals surface area contributed by atoms with Crippen molar-refractivity contribution in [1.82, 2.24) is 4.98 Å². The minimum atomic E-state index is -4.57. The van der Waals surface area contributed by atoms with Crippen LogP contribution in [0.4, 0.5) is 13.2 Å². The van der Waals surface area contributed by atoms with Gasteiger partial charge in [0.05, 0.1) is 16.8 Å². The average Bonchev–Trinajstić information content (AvgIpc) is 3.49. The molecule has 0 bridgehead atoms. The van der Waals surface area contributed by atoms with Gasteiger partial charge in [-0.2, -0.15) is 13.2 Å². The van der Waals surface area contributed by atoms with Crippen LogP contribution in [0.2, 0.25) is 0 Å². The Kier molecular flexibility index (Phi) is 7.53. The van der Waals surface area contributed by atoms with E-state index in [9.17, 15) is 13.2 Å². The van der Waals surface area contributed by atoms with Crippen molar-refractivity contribution in [3.05, 3.63) is 179 Å². The topological polar surface area (TPSA) is 22.1 Å². The Bertz CT molecular complexity index is 2280. The molecule has 0 spiro atoms. The monoisotopic (exact) mass is 633 g/mol. The molecule has 1 aliphatic carbocycles. The summed E-state index contributed by atoms with van der Waals surface area (Å²) >= 11 is 0. The van der Waals surface area contributed by atoms with Crippen molar-refractivity contribution in [3.63, 3.8) is 0 Å². The molecule has 0 atom stereocenters. The predicted molar refractivity (Wildman–Crippen MR) is 186 cm³/mol. The number of pyridine rings is 1. The van der Waals surface area contributed by atoms with Crippen LogP contribution in [0.1, 0.15) is 33.4 Å². The van der Waals surface area contributed by atoms with Gasteiger partial charge >= 0.3 is 6.18 Å². The second kappa shape index (κ2) is 12.2. The van der Waals surface area contributed by atoms with E-state index in [4.69, 9.17) is 9.72 Å². The molecule has 1 aromatic heterocycles. The Hall–Kier alpha value is -5.68. The highest BCUT2D eigenvalue weighted by Gasteiger charge is 2.34. The zero-order chi connectivity index (χ0) is 32.7. The van der Waals surface area contributed by atoms with Crippen LogP contribution < -0.4 is 4.74 Å². The average molecular weight is 634 g/mol. The standard InChI is InChI=1S/C43H30F3NO/c44-43(45,46)40-20-10-19-35-36(31-16-9-17-33(24-31)48-27-29-13-5-2-6-14-29)26-41(47-42(35)40)39-23-30(21-28-11-3-1-4-12-28)22-37-34-18-8-7-15-32(34)25-38(37)39/h1-20,22-24,26H,21,25,27H2. The number of para-hydroxylation sites is 1. The minimum Gasteiger partial charge on any atom is -0.489 e. The van der Waals surface area contributed by atoms with Gasteiger partial charge in [0.2, 0.25) is 0 Å². The van der Waals surface area contributed by atoms with Crippen molar-refractivity contribution in [2.24, 2.45) is 0 Å². The van der Waals surface area contributed by atoms with Gasteiger partial charge in [0.25, 0.3) is 0 Å². The van der Waals surface area contributed by atoms with Crippen molar-refractivity contribution in [3.8, 4) is 39.3 Å². The molecule has 0 saturated carbocycles. The van der Waals surface area contributed by atoms with Crippen LogP contribution in [0.25, 0.3) is 44.4 Å². The van der Waals surface area contributed by atoms with E-state index >= 15 is 0 Å². The molecule has 0 N–H and O–H groups in total.